The van der Waals surface area contributed by atoms with Crippen LogP contribution in [0.4, 0.5) is 0 Å². The van der Waals surface area contributed by atoms with E-state index in [0.29, 0.717) is 11.5 Å². The Bertz CT molecular complexity index is 538. The normalized spacial score (nSPS) is 9.94. The smallest absolute Gasteiger partial charge is 0.267 e. The zero-order valence-electron chi connectivity index (χ0n) is 9.25. The molecule has 2 aromatic rings. The number of carbonyl (C=O) groups is 1. The number of pyridine rings is 2. The Morgan fingerprint density at radius 2 is 2.06 bits per heavy atom. The molecule has 0 unspecified atom stereocenters. The standard InChI is InChI=1S/C12H11N3O2/c1-8-2-3-10(7-15-8)17-9-4-5-14-11(6-9)12(13)16/h2-7H,1H3,(H2,13,16). The lowest BCUT2D eigenvalue weighted by atomic mass is 10.3. The minimum atomic E-state index is -0.586. The Kier molecular flexibility index (Phi) is 3.00. The van der Waals surface area contributed by atoms with Gasteiger partial charge in [0.2, 0.25) is 0 Å². The van der Waals surface area contributed by atoms with Crippen molar-refractivity contribution >= 4 is 5.91 Å². The minimum absolute atomic E-state index is 0.169. The zero-order chi connectivity index (χ0) is 12.3. The molecule has 5 heteroatoms. The molecule has 5 nitrogen and oxygen atoms in total. The second-order valence-corrected chi connectivity index (χ2v) is 3.48. The van der Waals surface area contributed by atoms with E-state index in [1.54, 1.807) is 18.3 Å². The maximum atomic E-state index is 10.9. The maximum absolute atomic E-state index is 10.9. The highest BCUT2D eigenvalue weighted by atomic mass is 16.5. The first-order chi connectivity index (χ1) is 8.15. The third-order valence-electron chi connectivity index (χ3n) is 2.10. The van der Waals surface area contributed by atoms with E-state index in [9.17, 15) is 4.79 Å². The molecule has 2 N–H and O–H groups in total. The molecule has 0 fully saturated rings. The minimum Gasteiger partial charge on any atom is -0.456 e. The first kappa shape index (κ1) is 11.1. The van der Waals surface area contributed by atoms with Crippen LogP contribution in [0.15, 0.2) is 36.7 Å². The summed E-state index contributed by atoms with van der Waals surface area (Å²) < 4.78 is 5.51. The van der Waals surface area contributed by atoms with Crippen LogP contribution in [0.1, 0.15) is 16.2 Å². The fraction of sp³-hybridized carbons (Fsp3) is 0.0833. The second kappa shape index (κ2) is 4.61. The van der Waals surface area contributed by atoms with E-state index in [4.69, 9.17) is 10.5 Å². The van der Waals surface area contributed by atoms with Crippen molar-refractivity contribution < 1.29 is 9.53 Å². The van der Waals surface area contributed by atoms with E-state index < -0.39 is 5.91 Å². The molecule has 1 amide bonds. The van der Waals surface area contributed by atoms with Crippen molar-refractivity contribution in [1.82, 2.24) is 9.97 Å². The van der Waals surface area contributed by atoms with Gasteiger partial charge in [0.1, 0.15) is 17.2 Å². The number of rotatable bonds is 3. The molecule has 0 radical (unpaired) electrons. The molecule has 0 atom stereocenters. The average molecular weight is 229 g/mol. The Labute approximate surface area is 98.3 Å². The van der Waals surface area contributed by atoms with Gasteiger partial charge in [-0.3, -0.25) is 14.8 Å². The molecular formula is C12H11N3O2. The van der Waals surface area contributed by atoms with E-state index in [-0.39, 0.29) is 5.69 Å². The number of aromatic nitrogens is 2. The summed E-state index contributed by atoms with van der Waals surface area (Å²) in [5.74, 6) is 0.508. The summed E-state index contributed by atoms with van der Waals surface area (Å²) in [6.45, 7) is 1.89. The fourth-order valence-electron chi connectivity index (χ4n) is 1.26. The summed E-state index contributed by atoms with van der Waals surface area (Å²) in [7, 11) is 0. The van der Waals surface area contributed by atoms with Gasteiger partial charge >= 0.3 is 0 Å². The van der Waals surface area contributed by atoms with Crippen molar-refractivity contribution in [2.24, 2.45) is 5.73 Å². The third-order valence-corrected chi connectivity index (χ3v) is 2.10. The predicted octanol–water partition coefficient (Wildman–Crippen LogP) is 1.68. The molecule has 0 aliphatic carbocycles. The van der Waals surface area contributed by atoms with Crippen molar-refractivity contribution in [3.8, 4) is 11.5 Å². The number of hydrogen-bond donors (Lipinski definition) is 1. The Morgan fingerprint density at radius 3 is 2.71 bits per heavy atom. The molecule has 2 aromatic heterocycles. The van der Waals surface area contributed by atoms with Crippen LogP contribution in [0.5, 0.6) is 11.5 Å². The first-order valence-corrected chi connectivity index (χ1v) is 5.01. The molecule has 0 saturated carbocycles. The quantitative estimate of drug-likeness (QED) is 0.868. The largest absolute Gasteiger partial charge is 0.456 e. The van der Waals surface area contributed by atoms with Crippen molar-refractivity contribution in [2.75, 3.05) is 0 Å². The van der Waals surface area contributed by atoms with Crippen LogP contribution in [-0.2, 0) is 0 Å². The summed E-state index contributed by atoms with van der Waals surface area (Å²) >= 11 is 0. The van der Waals surface area contributed by atoms with E-state index >= 15 is 0 Å². The van der Waals surface area contributed by atoms with Crippen LogP contribution in [0, 0.1) is 6.92 Å². The van der Waals surface area contributed by atoms with E-state index in [2.05, 4.69) is 9.97 Å². The van der Waals surface area contributed by atoms with Crippen molar-refractivity contribution in [3.05, 3.63) is 48.0 Å². The highest BCUT2D eigenvalue weighted by Crippen LogP contribution is 2.20. The highest BCUT2D eigenvalue weighted by molar-refractivity contribution is 5.91. The van der Waals surface area contributed by atoms with Gasteiger partial charge in [0, 0.05) is 18.0 Å². The number of amides is 1. The van der Waals surface area contributed by atoms with Crippen LogP contribution in [-0.4, -0.2) is 15.9 Å². The Morgan fingerprint density at radius 1 is 1.24 bits per heavy atom. The molecule has 0 saturated heterocycles. The monoisotopic (exact) mass is 229 g/mol. The summed E-state index contributed by atoms with van der Waals surface area (Å²) in [6.07, 6.45) is 3.08. The molecule has 0 aliphatic heterocycles. The topological polar surface area (TPSA) is 78.1 Å². The third kappa shape index (κ3) is 2.78. The molecule has 86 valence electrons. The van der Waals surface area contributed by atoms with Crippen LogP contribution in [0.2, 0.25) is 0 Å². The van der Waals surface area contributed by atoms with E-state index in [1.165, 1.54) is 12.3 Å². The van der Waals surface area contributed by atoms with Gasteiger partial charge in [-0.2, -0.15) is 0 Å². The number of carbonyl (C=O) groups excluding carboxylic acids is 1. The van der Waals surface area contributed by atoms with Gasteiger partial charge in [0.05, 0.1) is 6.20 Å². The number of ether oxygens (including phenoxy) is 1. The van der Waals surface area contributed by atoms with E-state index in [0.717, 1.165) is 5.69 Å². The molecule has 17 heavy (non-hydrogen) atoms. The lowest BCUT2D eigenvalue weighted by Gasteiger charge is -2.05. The number of nitrogens with zero attached hydrogens (tertiary/aromatic N) is 2. The van der Waals surface area contributed by atoms with Crippen molar-refractivity contribution in [3.63, 3.8) is 0 Å². The lowest BCUT2D eigenvalue weighted by Crippen LogP contribution is -2.12. The van der Waals surface area contributed by atoms with Gasteiger partial charge in [-0.05, 0) is 25.1 Å². The second-order valence-electron chi connectivity index (χ2n) is 3.48. The first-order valence-electron chi connectivity index (χ1n) is 5.01. The number of primary amides is 1. The number of aryl methyl sites for hydroxylation is 1. The molecule has 0 aromatic carbocycles. The Balaban J connectivity index is 2.21. The molecule has 2 heterocycles. The summed E-state index contributed by atoms with van der Waals surface area (Å²) in [5, 5.41) is 0. The average Bonchev–Trinajstić information content (AvgIpc) is 2.32. The molecular weight excluding hydrogens is 218 g/mol. The van der Waals surface area contributed by atoms with Gasteiger partial charge in [-0.25, -0.2) is 0 Å². The van der Waals surface area contributed by atoms with Crippen LogP contribution >= 0.6 is 0 Å². The summed E-state index contributed by atoms with van der Waals surface area (Å²) in [5.41, 5.74) is 6.20. The van der Waals surface area contributed by atoms with Crippen LogP contribution in [0.3, 0.4) is 0 Å². The highest BCUT2D eigenvalue weighted by Gasteiger charge is 2.04. The zero-order valence-corrected chi connectivity index (χ0v) is 9.25. The van der Waals surface area contributed by atoms with E-state index in [1.807, 2.05) is 13.0 Å². The SMILES string of the molecule is Cc1ccc(Oc2ccnc(C(N)=O)c2)cn1. The fourth-order valence-corrected chi connectivity index (χ4v) is 1.26. The number of hydrogen-bond acceptors (Lipinski definition) is 4. The predicted molar refractivity (Wildman–Crippen MR) is 61.8 cm³/mol. The molecule has 0 bridgehead atoms. The van der Waals surface area contributed by atoms with Gasteiger partial charge in [-0.15, -0.1) is 0 Å². The van der Waals surface area contributed by atoms with Gasteiger partial charge < -0.3 is 10.5 Å². The molecule has 0 spiro atoms. The maximum Gasteiger partial charge on any atom is 0.267 e. The molecule has 2 rings (SSSR count). The lowest BCUT2D eigenvalue weighted by molar-refractivity contribution is 0.0995. The van der Waals surface area contributed by atoms with Crippen LogP contribution in [0.25, 0.3) is 0 Å². The summed E-state index contributed by atoms with van der Waals surface area (Å²) in [4.78, 5) is 18.9. The van der Waals surface area contributed by atoms with Crippen molar-refractivity contribution in [1.29, 1.82) is 0 Å². The van der Waals surface area contributed by atoms with Gasteiger partial charge in [0.15, 0.2) is 0 Å². The van der Waals surface area contributed by atoms with Gasteiger partial charge in [-0.1, -0.05) is 0 Å². The van der Waals surface area contributed by atoms with Crippen molar-refractivity contribution in [2.45, 2.75) is 6.92 Å². The van der Waals surface area contributed by atoms with Gasteiger partial charge in [0.25, 0.3) is 5.91 Å². The molecule has 0 aliphatic rings. The summed E-state index contributed by atoms with van der Waals surface area (Å²) in [6, 6.07) is 6.77. The van der Waals surface area contributed by atoms with Crippen LogP contribution < -0.4 is 10.5 Å². The Hall–Kier alpha value is -2.43. The number of nitrogens with two attached hydrogens (primary N) is 1.